The number of hydrogen-bond donors (Lipinski definition) is 2. The van der Waals surface area contributed by atoms with Crippen LogP contribution >= 0.6 is 0 Å². The summed E-state index contributed by atoms with van der Waals surface area (Å²) in [7, 11) is 0. The molecule has 0 fully saturated rings. The molecule has 10 aromatic rings. The van der Waals surface area contributed by atoms with Gasteiger partial charge < -0.3 is 19.7 Å². The van der Waals surface area contributed by atoms with Gasteiger partial charge in [-0.1, -0.05) is 36.4 Å². The van der Waals surface area contributed by atoms with Gasteiger partial charge in [0.2, 0.25) is 0 Å². The van der Waals surface area contributed by atoms with E-state index >= 15 is 0 Å². The third kappa shape index (κ3) is 10.7. The van der Waals surface area contributed by atoms with E-state index in [-0.39, 0.29) is 12.8 Å². The number of nitrogens with zero attached hydrogens (tertiary/aromatic N) is 10. The van der Waals surface area contributed by atoms with Gasteiger partial charge in [0.15, 0.2) is 0 Å². The first-order valence-electron chi connectivity index (χ1n) is 25.3. The summed E-state index contributed by atoms with van der Waals surface area (Å²) in [4.78, 5) is 51.5. The number of para-hydroxylation sites is 4. The zero-order valence-electron chi connectivity index (χ0n) is 40.8. The molecular formula is C58H54N10O6. The number of pyridine rings is 2. The van der Waals surface area contributed by atoms with Gasteiger partial charge in [0.05, 0.1) is 95.3 Å². The number of hydrogen-bond acceptors (Lipinski definition) is 12. The molecule has 2 aliphatic rings. The Morgan fingerprint density at radius 1 is 0.500 bits per heavy atom. The summed E-state index contributed by atoms with van der Waals surface area (Å²) in [6, 6.07) is 34.0. The van der Waals surface area contributed by atoms with Crippen LogP contribution in [-0.4, -0.2) is 84.8 Å². The van der Waals surface area contributed by atoms with Crippen LogP contribution in [0.25, 0.3) is 43.9 Å². The lowest BCUT2D eigenvalue weighted by molar-refractivity contribution is -0.138. The Morgan fingerprint density at radius 3 is 1.38 bits per heavy atom. The molecule has 2 atom stereocenters. The lowest BCUT2D eigenvalue weighted by Gasteiger charge is -2.17. The average molecular weight is 987 g/mol. The first-order valence-corrected chi connectivity index (χ1v) is 25.3. The van der Waals surface area contributed by atoms with Crippen LogP contribution in [0.2, 0.25) is 0 Å². The van der Waals surface area contributed by atoms with Crippen molar-refractivity contribution in [2.75, 3.05) is 13.2 Å². The van der Waals surface area contributed by atoms with E-state index in [0.717, 1.165) is 105 Å². The van der Waals surface area contributed by atoms with E-state index in [0.29, 0.717) is 24.6 Å². The summed E-state index contributed by atoms with van der Waals surface area (Å²) in [6.45, 7) is 1.06. The standard InChI is InChI=1S/2C29H27N5O3/c2*35-29(36)16-28(26-18-30-24-7-3-4-8-25(24)33-26)34-27-12-11-22(15-20(27)17-31-34)37-14-13-21-10-9-19-5-1-2-6-23(19)32-21/h2*3-4,7-12,15,17-18,28H,1-2,5-6,13-14,16H2,(H,35,36)/t2*28-/m10/s1. The molecule has 0 radical (unpaired) electrons. The molecular weight excluding hydrogens is 933 g/mol. The van der Waals surface area contributed by atoms with Gasteiger partial charge in [-0.2, -0.15) is 10.2 Å². The molecule has 6 heterocycles. The summed E-state index contributed by atoms with van der Waals surface area (Å²) < 4.78 is 15.5. The predicted molar refractivity (Wildman–Crippen MR) is 279 cm³/mol. The molecule has 0 spiro atoms. The van der Waals surface area contributed by atoms with E-state index in [1.165, 1.54) is 48.2 Å². The highest BCUT2D eigenvalue weighted by molar-refractivity contribution is 5.82. The van der Waals surface area contributed by atoms with E-state index in [4.69, 9.17) is 19.4 Å². The van der Waals surface area contributed by atoms with Crippen LogP contribution in [0.1, 0.15) is 95.9 Å². The molecule has 2 N–H and O–H groups in total. The quantitative estimate of drug-likeness (QED) is 0.0925. The lowest BCUT2D eigenvalue weighted by Crippen LogP contribution is -2.18. The number of benzene rings is 4. The van der Waals surface area contributed by atoms with Crippen LogP contribution in [0.15, 0.2) is 134 Å². The maximum Gasteiger partial charge on any atom is 0.305 e. The molecule has 372 valence electrons. The molecule has 16 heteroatoms. The van der Waals surface area contributed by atoms with Crippen molar-refractivity contribution in [3.8, 4) is 11.5 Å². The Bertz CT molecular complexity index is 3430. The molecule has 16 nitrogen and oxygen atoms in total. The Labute approximate surface area is 426 Å². The minimum atomic E-state index is -0.931. The Morgan fingerprint density at radius 2 is 0.932 bits per heavy atom. The van der Waals surface area contributed by atoms with Crippen molar-refractivity contribution in [2.45, 2.75) is 89.1 Å². The van der Waals surface area contributed by atoms with Crippen molar-refractivity contribution in [2.24, 2.45) is 0 Å². The minimum Gasteiger partial charge on any atom is -0.493 e. The number of ether oxygens (including phenoxy) is 2. The summed E-state index contributed by atoms with van der Waals surface area (Å²) in [5.41, 5.74) is 13.1. The van der Waals surface area contributed by atoms with E-state index < -0.39 is 24.0 Å². The number of fused-ring (bicyclic) bond motifs is 6. The highest BCUT2D eigenvalue weighted by atomic mass is 16.5. The summed E-state index contributed by atoms with van der Waals surface area (Å²) >= 11 is 0. The number of rotatable bonds is 16. The smallest absolute Gasteiger partial charge is 0.305 e. The van der Waals surface area contributed by atoms with Crippen LogP contribution < -0.4 is 9.47 Å². The predicted octanol–water partition coefficient (Wildman–Crippen LogP) is 9.88. The second kappa shape index (κ2) is 21.6. The highest BCUT2D eigenvalue weighted by Gasteiger charge is 2.25. The summed E-state index contributed by atoms with van der Waals surface area (Å²) in [5, 5.41) is 30.0. The summed E-state index contributed by atoms with van der Waals surface area (Å²) in [5.74, 6) is -0.380. The minimum absolute atomic E-state index is 0.157. The second-order valence-electron chi connectivity index (χ2n) is 18.8. The van der Waals surface area contributed by atoms with Crippen molar-refractivity contribution in [3.63, 3.8) is 0 Å². The summed E-state index contributed by atoms with van der Waals surface area (Å²) in [6.07, 6.45) is 17.2. The number of aryl methyl sites for hydroxylation is 4. The van der Waals surface area contributed by atoms with Crippen LogP contribution in [0.4, 0.5) is 0 Å². The van der Waals surface area contributed by atoms with E-state index in [2.05, 4.69) is 54.4 Å². The Hall–Kier alpha value is -8.66. The van der Waals surface area contributed by atoms with Crippen LogP contribution in [0.5, 0.6) is 11.5 Å². The van der Waals surface area contributed by atoms with Crippen molar-refractivity contribution >= 4 is 55.8 Å². The first-order chi connectivity index (χ1) is 36.3. The molecule has 12 rings (SSSR count). The maximum absolute atomic E-state index is 11.7. The lowest BCUT2D eigenvalue weighted by atomic mass is 9.96. The SMILES string of the molecule is O=C(O)C[C@@H](c1cnc2ccccc2n1)n1ncc2cc(OCCc3ccc4c(n3)CCCC4)ccc21.O=C(O)C[C@H](c1cnc2ccccc2n1)n1ncc2cc(OCCc3ccc4c(n3)CCCC4)ccc21. The fourth-order valence-corrected chi connectivity index (χ4v) is 10.0. The maximum atomic E-state index is 11.7. The van der Waals surface area contributed by atoms with Gasteiger partial charge in [0, 0.05) is 46.4 Å². The van der Waals surface area contributed by atoms with E-state index in [1.54, 1.807) is 34.2 Å². The molecule has 0 unspecified atom stereocenters. The van der Waals surface area contributed by atoms with Gasteiger partial charge in [-0.05, 0) is 135 Å². The molecule has 74 heavy (non-hydrogen) atoms. The molecule has 0 bridgehead atoms. The number of aromatic nitrogens is 10. The van der Waals surface area contributed by atoms with Gasteiger partial charge in [-0.15, -0.1) is 0 Å². The number of aliphatic carboxylic acids is 2. The van der Waals surface area contributed by atoms with Crippen LogP contribution in [0, 0.1) is 0 Å². The number of carbonyl (C=O) groups is 2. The fraction of sp³-hybridized carbons (Fsp3) is 0.276. The topological polar surface area (TPSA) is 206 Å². The van der Waals surface area contributed by atoms with Gasteiger partial charge in [-0.25, -0.2) is 9.97 Å². The molecule has 2 aliphatic carbocycles. The molecule has 0 amide bonds. The van der Waals surface area contributed by atoms with Crippen molar-refractivity contribution in [1.29, 1.82) is 0 Å². The average Bonchev–Trinajstić information content (AvgIpc) is 4.05. The first kappa shape index (κ1) is 47.7. The molecule has 6 aromatic heterocycles. The van der Waals surface area contributed by atoms with Gasteiger partial charge >= 0.3 is 11.9 Å². The largest absolute Gasteiger partial charge is 0.493 e. The number of carboxylic acid groups (broad SMARTS) is 2. The zero-order valence-corrected chi connectivity index (χ0v) is 40.8. The molecule has 0 saturated heterocycles. The zero-order chi connectivity index (χ0) is 50.4. The Balaban J connectivity index is 0.000000159. The van der Waals surface area contributed by atoms with Crippen molar-refractivity contribution in [3.05, 3.63) is 179 Å². The van der Waals surface area contributed by atoms with E-state index in [9.17, 15) is 19.8 Å². The third-order valence-corrected chi connectivity index (χ3v) is 13.8. The van der Waals surface area contributed by atoms with E-state index in [1.807, 2.05) is 84.9 Å². The van der Waals surface area contributed by atoms with Crippen molar-refractivity contribution < 1.29 is 29.3 Å². The van der Waals surface area contributed by atoms with Crippen LogP contribution in [-0.2, 0) is 48.1 Å². The van der Waals surface area contributed by atoms with Gasteiger partial charge in [0.25, 0.3) is 0 Å². The second-order valence-corrected chi connectivity index (χ2v) is 18.8. The van der Waals surface area contributed by atoms with Gasteiger partial charge in [0.1, 0.15) is 23.6 Å². The highest BCUT2D eigenvalue weighted by Crippen LogP contribution is 2.31. The molecule has 4 aromatic carbocycles. The fourth-order valence-electron chi connectivity index (χ4n) is 10.0. The normalized spacial score (nSPS) is 13.9. The Kier molecular flexibility index (Phi) is 13.9. The molecule has 0 aliphatic heterocycles. The van der Waals surface area contributed by atoms with Gasteiger partial charge in [-0.3, -0.25) is 38.9 Å². The van der Waals surface area contributed by atoms with Crippen molar-refractivity contribution in [1.82, 2.24) is 49.5 Å². The number of carboxylic acids is 2. The third-order valence-electron chi connectivity index (χ3n) is 13.8. The van der Waals surface area contributed by atoms with Crippen LogP contribution in [0.3, 0.4) is 0 Å². The molecule has 0 saturated carbocycles. The monoisotopic (exact) mass is 986 g/mol.